The maximum Gasteiger partial charge on any atom is 0.0566 e. The topological polar surface area (TPSA) is 76.1 Å². The first-order valence-electron chi connectivity index (χ1n) is 5.09. The third kappa shape index (κ3) is 8.18. The number of unbranched alkanes of at least 4 members (excludes halogenated alkanes) is 1. The molecule has 0 aromatic heterocycles. The molecule has 0 aliphatic heterocycles. The summed E-state index contributed by atoms with van der Waals surface area (Å²) >= 11 is 0. The molecule has 0 aromatic carbocycles. The van der Waals surface area contributed by atoms with Crippen LogP contribution in [0, 0.1) is 0 Å². The molecule has 4 nitrogen and oxygen atoms in total. The van der Waals surface area contributed by atoms with Gasteiger partial charge in [-0.05, 0) is 20.3 Å². The van der Waals surface area contributed by atoms with Gasteiger partial charge in [-0.25, -0.2) is 0 Å². The second-order valence-electron chi connectivity index (χ2n) is 3.59. The lowest BCUT2D eigenvalue weighted by Crippen LogP contribution is -2.53. The van der Waals surface area contributed by atoms with Gasteiger partial charge in [-0.3, -0.25) is 10.6 Å². The normalized spacial score (nSPS) is 18.2. The molecule has 3 unspecified atom stereocenters. The molecule has 6 N–H and O–H groups in total. The van der Waals surface area contributed by atoms with Crippen LogP contribution in [0.4, 0.5) is 0 Å². The predicted octanol–water partition coefficient (Wildman–Crippen LogP) is 0.291. The molecule has 80 valence electrons. The molecule has 0 rings (SSSR count). The number of nitrogens with two attached hydrogens (primary N) is 2. The highest BCUT2D eigenvalue weighted by Crippen LogP contribution is 1.95. The summed E-state index contributed by atoms with van der Waals surface area (Å²) in [5.41, 5.74) is 11.4. The van der Waals surface area contributed by atoms with Crippen molar-refractivity contribution in [2.24, 2.45) is 11.5 Å². The fourth-order valence-corrected chi connectivity index (χ4v) is 1.27. The van der Waals surface area contributed by atoms with Gasteiger partial charge in [0, 0.05) is 0 Å². The minimum atomic E-state index is 0.000810. The van der Waals surface area contributed by atoms with E-state index in [1.165, 1.54) is 12.8 Å². The summed E-state index contributed by atoms with van der Waals surface area (Å²) in [6.07, 6.45) is 3.61. The van der Waals surface area contributed by atoms with Crippen molar-refractivity contribution in [1.82, 2.24) is 10.6 Å². The molecule has 13 heavy (non-hydrogen) atoms. The molecule has 3 atom stereocenters. The average Bonchev–Trinajstić information content (AvgIpc) is 1.98. The highest BCUT2D eigenvalue weighted by molar-refractivity contribution is 4.66. The predicted molar refractivity (Wildman–Crippen MR) is 56.9 cm³/mol. The van der Waals surface area contributed by atoms with Crippen molar-refractivity contribution < 1.29 is 0 Å². The van der Waals surface area contributed by atoms with E-state index in [-0.39, 0.29) is 18.5 Å². The number of hydrogen-bond donors (Lipinski definition) is 4. The third-order valence-corrected chi connectivity index (χ3v) is 1.85. The summed E-state index contributed by atoms with van der Waals surface area (Å²) in [6, 6.07) is 0. The zero-order valence-corrected chi connectivity index (χ0v) is 9.01. The van der Waals surface area contributed by atoms with Crippen LogP contribution in [0.1, 0.15) is 40.0 Å². The molecule has 0 spiro atoms. The van der Waals surface area contributed by atoms with E-state index in [9.17, 15) is 0 Å². The second-order valence-corrected chi connectivity index (χ2v) is 3.59. The summed E-state index contributed by atoms with van der Waals surface area (Å²) in [4.78, 5) is 0. The van der Waals surface area contributed by atoms with Crippen LogP contribution in [0.2, 0.25) is 0 Å². The first kappa shape index (κ1) is 12.8. The van der Waals surface area contributed by atoms with Crippen molar-refractivity contribution in [3.63, 3.8) is 0 Å². The Kier molecular flexibility index (Phi) is 7.17. The Morgan fingerprint density at radius 1 is 1.15 bits per heavy atom. The highest BCUT2D eigenvalue weighted by atomic mass is 15.2. The fraction of sp³-hybridized carbons (Fsp3) is 1.00. The van der Waals surface area contributed by atoms with Crippen LogP contribution in [0.25, 0.3) is 0 Å². The minimum Gasteiger partial charge on any atom is -0.316 e. The van der Waals surface area contributed by atoms with Gasteiger partial charge in [0.1, 0.15) is 0 Å². The number of hydrogen-bond acceptors (Lipinski definition) is 4. The van der Waals surface area contributed by atoms with Crippen LogP contribution in [0.5, 0.6) is 0 Å². The Balaban J connectivity index is 3.46. The third-order valence-electron chi connectivity index (χ3n) is 1.85. The monoisotopic (exact) mass is 188 g/mol. The van der Waals surface area contributed by atoms with E-state index in [0.717, 1.165) is 6.42 Å². The molecule has 0 aliphatic carbocycles. The van der Waals surface area contributed by atoms with Crippen LogP contribution in [0.3, 0.4) is 0 Å². The van der Waals surface area contributed by atoms with Gasteiger partial charge in [-0.1, -0.05) is 19.8 Å². The molecule has 0 saturated carbocycles. The standard InChI is InChI=1S/C9H24N4/c1-4-5-6-9(11)13-8(3)12-7(2)10/h7-9,12-13H,4-6,10-11H2,1-3H3. The van der Waals surface area contributed by atoms with Crippen LogP contribution in [-0.2, 0) is 0 Å². The van der Waals surface area contributed by atoms with Crippen LogP contribution in [-0.4, -0.2) is 18.5 Å². The fourth-order valence-electron chi connectivity index (χ4n) is 1.27. The molecule has 0 amide bonds. The molecule has 0 saturated heterocycles. The maximum atomic E-state index is 5.84. The molecular weight excluding hydrogens is 164 g/mol. The van der Waals surface area contributed by atoms with E-state index < -0.39 is 0 Å². The molecule has 0 heterocycles. The first-order valence-corrected chi connectivity index (χ1v) is 5.09. The van der Waals surface area contributed by atoms with Gasteiger partial charge in [0.15, 0.2) is 0 Å². The van der Waals surface area contributed by atoms with Gasteiger partial charge in [0.05, 0.1) is 18.5 Å². The lowest BCUT2D eigenvalue weighted by molar-refractivity contribution is 0.351. The summed E-state index contributed by atoms with van der Waals surface area (Å²) in [5.74, 6) is 0. The van der Waals surface area contributed by atoms with Crippen LogP contribution >= 0.6 is 0 Å². The minimum absolute atomic E-state index is 0.000810. The summed E-state index contributed by atoms with van der Waals surface area (Å²) in [5, 5.41) is 6.37. The van der Waals surface area contributed by atoms with Crippen molar-refractivity contribution in [1.29, 1.82) is 0 Å². The molecule has 4 heteroatoms. The van der Waals surface area contributed by atoms with Gasteiger partial charge in [-0.2, -0.15) is 0 Å². The number of nitrogens with one attached hydrogen (secondary N) is 2. The van der Waals surface area contributed by atoms with Crippen molar-refractivity contribution >= 4 is 0 Å². The molecule has 0 aliphatic rings. The SMILES string of the molecule is CCCCC(N)NC(C)NC(C)N. The lowest BCUT2D eigenvalue weighted by atomic mass is 10.2. The Morgan fingerprint density at radius 2 is 1.77 bits per heavy atom. The van der Waals surface area contributed by atoms with Crippen molar-refractivity contribution in [2.75, 3.05) is 0 Å². The smallest absolute Gasteiger partial charge is 0.0566 e. The van der Waals surface area contributed by atoms with E-state index in [1.807, 2.05) is 13.8 Å². The Bertz CT molecular complexity index is 116. The van der Waals surface area contributed by atoms with E-state index >= 15 is 0 Å². The van der Waals surface area contributed by atoms with Crippen molar-refractivity contribution in [3.05, 3.63) is 0 Å². The summed E-state index contributed by atoms with van der Waals surface area (Å²) < 4.78 is 0. The second kappa shape index (κ2) is 7.26. The van der Waals surface area contributed by atoms with E-state index in [4.69, 9.17) is 11.5 Å². The van der Waals surface area contributed by atoms with Gasteiger partial charge < -0.3 is 11.5 Å². The zero-order valence-electron chi connectivity index (χ0n) is 9.01. The van der Waals surface area contributed by atoms with Crippen molar-refractivity contribution in [3.8, 4) is 0 Å². The van der Waals surface area contributed by atoms with E-state index in [2.05, 4.69) is 17.6 Å². The molecular formula is C9H24N4. The van der Waals surface area contributed by atoms with Crippen LogP contribution < -0.4 is 22.1 Å². The number of rotatable bonds is 7. The molecule has 0 radical (unpaired) electrons. The summed E-state index contributed by atoms with van der Waals surface area (Å²) in [6.45, 7) is 6.10. The highest BCUT2D eigenvalue weighted by Gasteiger charge is 2.07. The largest absolute Gasteiger partial charge is 0.316 e. The maximum absolute atomic E-state index is 5.84. The Morgan fingerprint density at radius 3 is 2.23 bits per heavy atom. The van der Waals surface area contributed by atoms with Crippen LogP contribution in [0.15, 0.2) is 0 Å². The van der Waals surface area contributed by atoms with E-state index in [0.29, 0.717) is 0 Å². The Labute approximate surface area is 81.4 Å². The zero-order chi connectivity index (χ0) is 10.3. The first-order chi connectivity index (χ1) is 6.06. The average molecular weight is 188 g/mol. The quantitative estimate of drug-likeness (QED) is 0.433. The molecule has 0 bridgehead atoms. The van der Waals surface area contributed by atoms with Gasteiger partial charge in [-0.15, -0.1) is 0 Å². The molecule has 0 aromatic rings. The van der Waals surface area contributed by atoms with E-state index in [1.54, 1.807) is 0 Å². The van der Waals surface area contributed by atoms with Gasteiger partial charge in [0.25, 0.3) is 0 Å². The van der Waals surface area contributed by atoms with Crippen molar-refractivity contribution in [2.45, 2.75) is 58.5 Å². The lowest BCUT2D eigenvalue weighted by Gasteiger charge is -2.22. The molecule has 0 fully saturated rings. The van der Waals surface area contributed by atoms with Gasteiger partial charge >= 0.3 is 0 Å². The summed E-state index contributed by atoms with van der Waals surface area (Å²) in [7, 11) is 0. The Hall–Kier alpha value is -0.160. The van der Waals surface area contributed by atoms with Gasteiger partial charge in [0.2, 0.25) is 0 Å².